The van der Waals surface area contributed by atoms with Crippen molar-refractivity contribution in [2.45, 2.75) is 50.0 Å². The van der Waals surface area contributed by atoms with Gasteiger partial charge in [0.15, 0.2) is 0 Å². The molecule has 0 amide bonds. The second-order valence-corrected chi connectivity index (χ2v) is 7.38. The van der Waals surface area contributed by atoms with Gasteiger partial charge in [-0.15, -0.1) is 0 Å². The predicted octanol–water partition coefficient (Wildman–Crippen LogP) is 5.20. The van der Waals surface area contributed by atoms with Crippen molar-refractivity contribution in [2.24, 2.45) is 0 Å². The van der Waals surface area contributed by atoms with Crippen molar-refractivity contribution in [3.8, 4) is 0 Å². The molecular formula is C19H25FN2S. The van der Waals surface area contributed by atoms with Gasteiger partial charge in [-0.3, -0.25) is 0 Å². The van der Waals surface area contributed by atoms with Crippen molar-refractivity contribution < 1.29 is 4.39 Å². The monoisotopic (exact) mass is 332 g/mol. The molecule has 1 aliphatic carbocycles. The molecule has 0 saturated heterocycles. The molecule has 23 heavy (non-hydrogen) atoms. The summed E-state index contributed by atoms with van der Waals surface area (Å²) in [6.45, 7) is 3.22. The lowest BCUT2D eigenvalue weighted by atomic mass is 9.92. The zero-order valence-corrected chi connectivity index (χ0v) is 14.8. The molecule has 0 aromatic heterocycles. The summed E-state index contributed by atoms with van der Waals surface area (Å²) >= 11 is 1.64. The normalized spacial score (nSPS) is 20.3. The molecule has 1 aromatic rings. The van der Waals surface area contributed by atoms with Crippen molar-refractivity contribution in [1.82, 2.24) is 9.62 Å². The number of nitrogens with one attached hydrogen (secondary N) is 1. The number of nitrogens with zero attached hydrogens (tertiary/aromatic N) is 1. The largest absolute Gasteiger partial charge is 0.319 e. The Hall–Kier alpha value is -1.26. The summed E-state index contributed by atoms with van der Waals surface area (Å²) < 4.78 is 15.9. The van der Waals surface area contributed by atoms with Crippen molar-refractivity contribution in [3.63, 3.8) is 0 Å². The van der Waals surface area contributed by atoms with Crippen LogP contribution in [0, 0.1) is 5.82 Å². The minimum absolute atomic E-state index is 0.159. The third-order valence-electron chi connectivity index (χ3n) is 4.52. The maximum Gasteiger partial charge on any atom is 0.124 e. The summed E-state index contributed by atoms with van der Waals surface area (Å²) in [7, 11) is 2.09. The van der Waals surface area contributed by atoms with Gasteiger partial charge in [0.1, 0.15) is 5.82 Å². The smallest absolute Gasteiger partial charge is 0.124 e. The molecule has 0 bridgehead atoms. The van der Waals surface area contributed by atoms with E-state index in [1.54, 1.807) is 24.1 Å². The first kappa shape index (κ1) is 16.6. The lowest BCUT2D eigenvalue weighted by Crippen LogP contribution is -2.26. The van der Waals surface area contributed by atoms with E-state index in [-0.39, 0.29) is 11.9 Å². The Kier molecular flexibility index (Phi) is 5.44. The lowest BCUT2D eigenvalue weighted by molar-refractivity contribution is 0.541. The molecule has 124 valence electrons. The second kappa shape index (κ2) is 7.54. The molecule has 0 fully saturated rings. The van der Waals surface area contributed by atoms with Gasteiger partial charge in [-0.1, -0.05) is 38.0 Å². The average Bonchev–Trinajstić information content (AvgIpc) is 2.66. The van der Waals surface area contributed by atoms with E-state index in [1.165, 1.54) is 36.1 Å². The summed E-state index contributed by atoms with van der Waals surface area (Å²) in [5, 5.41) is 3.72. The molecule has 0 spiro atoms. The van der Waals surface area contributed by atoms with E-state index in [1.807, 2.05) is 6.07 Å². The molecule has 1 aromatic carbocycles. The molecule has 2 nitrogen and oxygen atoms in total. The fourth-order valence-corrected chi connectivity index (χ4v) is 4.37. The Morgan fingerprint density at radius 3 is 3.04 bits per heavy atom. The van der Waals surface area contributed by atoms with Crippen LogP contribution in [0.3, 0.4) is 0 Å². The van der Waals surface area contributed by atoms with Crippen molar-refractivity contribution >= 4 is 11.9 Å². The molecule has 0 saturated carbocycles. The van der Waals surface area contributed by atoms with Gasteiger partial charge in [0.2, 0.25) is 0 Å². The zero-order valence-electron chi connectivity index (χ0n) is 13.9. The van der Waals surface area contributed by atoms with Gasteiger partial charge < -0.3 is 9.62 Å². The highest BCUT2D eigenvalue weighted by atomic mass is 32.2. The van der Waals surface area contributed by atoms with Crippen LogP contribution in [0.1, 0.15) is 50.6 Å². The molecular weight excluding hydrogens is 307 g/mol. The summed E-state index contributed by atoms with van der Waals surface area (Å²) in [4.78, 5) is 1.02. The first-order valence-corrected chi connectivity index (χ1v) is 9.32. The number of unbranched alkanes of at least 4 members (excludes halogenated alkanes) is 2. The summed E-state index contributed by atoms with van der Waals surface area (Å²) in [6, 6.07) is 5.35. The van der Waals surface area contributed by atoms with Crippen LogP contribution in [-0.4, -0.2) is 17.9 Å². The fourth-order valence-electron chi connectivity index (χ4n) is 3.31. The van der Waals surface area contributed by atoms with Gasteiger partial charge in [0.05, 0.1) is 6.04 Å². The number of fused-ring (bicyclic) bond motifs is 1. The number of benzene rings is 1. The Morgan fingerprint density at radius 2 is 2.22 bits per heavy atom. The quantitative estimate of drug-likeness (QED) is 0.589. The maximum atomic E-state index is 13.7. The maximum absolute atomic E-state index is 13.7. The molecule has 1 atom stereocenters. The Labute approximate surface area is 143 Å². The molecule has 0 radical (unpaired) electrons. The molecule has 1 aliphatic heterocycles. The van der Waals surface area contributed by atoms with Gasteiger partial charge in [0.25, 0.3) is 0 Å². The summed E-state index contributed by atoms with van der Waals surface area (Å²) in [6.07, 6.45) is 10.3. The minimum Gasteiger partial charge on any atom is -0.319 e. The Balaban J connectivity index is 1.95. The molecule has 1 N–H and O–H groups in total. The Bertz CT molecular complexity index is 624. The third-order valence-corrected chi connectivity index (χ3v) is 5.56. The first-order chi connectivity index (χ1) is 11.2. The SMILES string of the molecule is CCCCCNC1C2=C(CCC=C2)N(C)Sc2cc(F)ccc21. The van der Waals surface area contributed by atoms with Crippen LogP contribution in [0.4, 0.5) is 4.39 Å². The number of halogens is 1. The van der Waals surface area contributed by atoms with Gasteiger partial charge in [-0.2, -0.15) is 0 Å². The van der Waals surface area contributed by atoms with Gasteiger partial charge in [-0.25, -0.2) is 4.39 Å². The molecule has 1 heterocycles. The van der Waals surface area contributed by atoms with Crippen molar-refractivity contribution in [3.05, 3.63) is 53.0 Å². The summed E-state index contributed by atoms with van der Waals surface area (Å²) in [5.74, 6) is -0.162. The first-order valence-electron chi connectivity index (χ1n) is 8.55. The zero-order chi connectivity index (χ0) is 16.2. The molecule has 1 unspecified atom stereocenters. The molecule has 2 aliphatic rings. The number of hydrogen-bond acceptors (Lipinski definition) is 3. The van der Waals surface area contributed by atoms with E-state index in [0.29, 0.717) is 0 Å². The minimum atomic E-state index is -0.162. The van der Waals surface area contributed by atoms with E-state index in [2.05, 4.69) is 35.7 Å². The van der Waals surface area contributed by atoms with Gasteiger partial charge in [0, 0.05) is 17.6 Å². The highest BCUT2D eigenvalue weighted by Crippen LogP contribution is 2.43. The third kappa shape index (κ3) is 3.64. The van der Waals surface area contributed by atoms with Crippen LogP contribution in [0.5, 0.6) is 0 Å². The fraction of sp³-hybridized carbons (Fsp3) is 0.474. The Morgan fingerprint density at radius 1 is 1.35 bits per heavy atom. The summed E-state index contributed by atoms with van der Waals surface area (Å²) in [5.41, 5.74) is 3.89. The van der Waals surface area contributed by atoms with E-state index >= 15 is 0 Å². The lowest BCUT2D eigenvalue weighted by Gasteiger charge is -2.26. The average molecular weight is 332 g/mol. The second-order valence-electron chi connectivity index (χ2n) is 6.21. The van der Waals surface area contributed by atoms with Crippen LogP contribution >= 0.6 is 11.9 Å². The number of hydrogen-bond donors (Lipinski definition) is 1. The molecule has 3 rings (SSSR count). The standard InChI is InChI=1S/C19H25FN2S/c1-3-4-7-12-21-19-15-8-5-6-9-17(15)22(2)23-18-13-14(20)10-11-16(18)19/h5,8,10-11,13,19,21H,3-4,6-7,9,12H2,1-2H3. The number of allylic oxidation sites excluding steroid dienone is 2. The van der Waals surface area contributed by atoms with Crippen LogP contribution < -0.4 is 5.32 Å². The van der Waals surface area contributed by atoms with E-state index in [9.17, 15) is 4.39 Å². The van der Waals surface area contributed by atoms with Crippen LogP contribution in [0.25, 0.3) is 0 Å². The predicted molar refractivity (Wildman–Crippen MR) is 95.7 cm³/mol. The number of rotatable bonds is 5. The van der Waals surface area contributed by atoms with E-state index in [0.717, 1.165) is 24.3 Å². The highest BCUT2D eigenvalue weighted by molar-refractivity contribution is 7.97. The van der Waals surface area contributed by atoms with Gasteiger partial charge >= 0.3 is 0 Å². The van der Waals surface area contributed by atoms with Crippen molar-refractivity contribution in [2.75, 3.05) is 13.6 Å². The molecule has 4 heteroatoms. The van der Waals surface area contributed by atoms with Crippen molar-refractivity contribution in [1.29, 1.82) is 0 Å². The topological polar surface area (TPSA) is 15.3 Å². The van der Waals surface area contributed by atoms with E-state index < -0.39 is 0 Å². The van der Waals surface area contributed by atoms with Crippen LogP contribution in [-0.2, 0) is 0 Å². The van der Waals surface area contributed by atoms with Crippen LogP contribution in [0.2, 0.25) is 0 Å². The highest BCUT2D eigenvalue weighted by Gasteiger charge is 2.28. The van der Waals surface area contributed by atoms with E-state index in [4.69, 9.17) is 0 Å². The van der Waals surface area contributed by atoms with Crippen LogP contribution in [0.15, 0.2) is 46.5 Å². The van der Waals surface area contributed by atoms with Gasteiger partial charge in [-0.05, 0) is 61.0 Å².